The van der Waals surface area contributed by atoms with Crippen molar-refractivity contribution in [1.29, 1.82) is 0 Å². The van der Waals surface area contributed by atoms with E-state index in [2.05, 4.69) is 124 Å². The average molecular weight is 907 g/mol. The number of carbonyl (C=O) groups is 3. The van der Waals surface area contributed by atoms with Crippen molar-refractivity contribution in [3.63, 3.8) is 0 Å². The molecular formula is C60H90O6. The van der Waals surface area contributed by atoms with Crippen LogP contribution in [0, 0.1) is 0 Å². The van der Waals surface area contributed by atoms with Crippen LogP contribution < -0.4 is 0 Å². The predicted molar refractivity (Wildman–Crippen MR) is 283 cm³/mol. The Balaban J connectivity index is 4.66. The number of hydrogen-bond donors (Lipinski definition) is 0. The van der Waals surface area contributed by atoms with Gasteiger partial charge in [0.2, 0.25) is 0 Å². The summed E-state index contributed by atoms with van der Waals surface area (Å²) >= 11 is 0. The monoisotopic (exact) mass is 907 g/mol. The Hall–Kier alpha value is -4.97. The molecule has 0 aliphatic carbocycles. The maximum atomic E-state index is 12.8. The summed E-state index contributed by atoms with van der Waals surface area (Å²) in [7, 11) is 0. The first-order valence-electron chi connectivity index (χ1n) is 25.6. The zero-order valence-corrected chi connectivity index (χ0v) is 41.6. The minimum atomic E-state index is -0.853. The van der Waals surface area contributed by atoms with Crippen molar-refractivity contribution in [1.82, 2.24) is 0 Å². The van der Waals surface area contributed by atoms with Crippen molar-refractivity contribution in [3.8, 4) is 0 Å². The second-order valence-electron chi connectivity index (χ2n) is 16.2. The predicted octanol–water partition coefficient (Wildman–Crippen LogP) is 17.0. The molecule has 0 aromatic rings. The van der Waals surface area contributed by atoms with Crippen molar-refractivity contribution in [2.45, 2.75) is 187 Å². The third-order valence-corrected chi connectivity index (χ3v) is 9.96. The maximum Gasteiger partial charge on any atom is 0.306 e. The SMILES string of the molecule is CC\C=C/C=C\C=C/C=C\C=C/CCCC(=O)OCC(COC(=O)CCCCCCC\C=C/C=C\C=C/C=C\CCCCC)OC(=O)CCC/C=C\C/C=C\C/C=C\C/C=C\CCCCC. The molecule has 0 N–H and O–H groups in total. The Bertz CT molecular complexity index is 1560. The molecule has 0 amide bonds. The molecule has 1 atom stereocenters. The van der Waals surface area contributed by atoms with Crippen molar-refractivity contribution >= 4 is 17.9 Å². The van der Waals surface area contributed by atoms with Gasteiger partial charge in [-0.2, -0.15) is 0 Å². The summed E-state index contributed by atoms with van der Waals surface area (Å²) in [6, 6.07) is 0. The summed E-state index contributed by atoms with van der Waals surface area (Å²) < 4.78 is 16.6. The second kappa shape index (κ2) is 52.7. The van der Waals surface area contributed by atoms with Gasteiger partial charge in [0, 0.05) is 19.3 Å². The first-order chi connectivity index (χ1) is 32.5. The van der Waals surface area contributed by atoms with Crippen LogP contribution in [-0.4, -0.2) is 37.2 Å². The molecule has 66 heavy (non-hydrogen) atoms. The lowest BCUT2D eigenvalue weighted by Crippen LogP contribution is -2.30. The lowest BCUT2D eigenvalue weighted by molar-refractivity contribution is -0.167. The van der Waals surface area contributed by atoms with Crippen LogP contribution in [0.5, 0.6) is 0 Å². The third-order valence-electron chi connectivity index (χ3n) is 9.96. The minimum absolute atomic E-state index is 0.143. The van der Waals surface area contributed by atoms with Gasteiger partial charge in [0.1, 0.15) is 13.2 Å². The van der Waals surface area contributed by atoms with E-state index in [1.54, 1.807) is 0 Å². The van der Waals surface area contributed by atoms with Crippen LogP contribution in [0.2, 0.25) is 0 Å². The molecule has 0 fully saturated rings. The molecule has 0 rings (SSSR count). The molecule has 0 bridgehead atoms. The van der Waals surface area contributed by atoms with Crippen molar-refractivity contribution in [2.24, 2.45) is 0 Å². The molecule has 0 aliphatic rings. The molecule has 1 unspecified atom stereocenters. The van der Waals surface area contributed by atoms with Gasteiger partial charge in [0.05, 0.1) is 0 Å². The Kier molecular flexibility index (Phi) is 48.7. The fourth-order valence-corrected chi connectivity index (χ4v) is 6.12. The Morgan fingerprint density at radius 3 is 1.14 bits per heavy atom. The lowest BCUT2D eigenvalue weighted by atomic mass is 10.1. The van der Waals surface area contributed by atoms with E-state index in [4.69, 9.17) is 14.2 Å². The van der Waals surface area contributed by atoms with Crippen LogP contribution in [0.1, 0.15) is 181 Å². The smallest absolute Gasteiger partial charge is 0.306 e. The van der Waals surface area contributed by atoms with Crippen molar-refractivity contribution < 1.29 is 28.6 Å². The van der Waals surface area contributed by atoms with E-state index in [1.807, 2.05) is 54.7 Å². The number of rotatable bonds is 43. The highest BCUT2D eigenvalue weighted by atomic mass is 16.6. The van der Waals surface area contributed by atoms with Crippen LogP contribution in [0.3, 0.4) is 0 Å². The molecule has 0 aliphatic heterocycles. The van der Waals surface area contributed by atoms with Crippen LogP contribution in [0.4, 0.5) is 0 Å². The molecule has 0 aromatic heterocycles. The number of unbranched alkanes of at least 4 members (excludes halogenated alkanes) is 13. The Morgan fingerprint density at radius 2 is 0.667 bits per heavy atom. The summed E-state index contributed by atoms with van der Waals surface area (Å²) in [5.74, 6) is -1.11. The maximum absolute atomic E-state index is 12.8. The van der Waals surface area contributed by atoms with E-state index in [0.29, 0.717) is 19.3 Å². The fraction of sp³-hybridized carbons (Fsp3) is 0.517. The fourth-order valence-electron chi connectivity index (χ4n) is 6.12. The zero-order valence-electron chi connectivity index (χ0n) is 41.6. The van der Waals surface area contributed by atoms with E-state index in [9.17, 15) is 14.4 Å². The van der Waals surface area contributed by atoms with Gasteiger partial charge in [0.25, 0.3) is 0 Å². The van der Waals surface area contributed by atoms with Crippen LogP contribution in [-0.2, 0) is 28.6 Å². The molecule has 0 saturated heterocycles. The standard InChI is InChI=1S/C60H90O6/c1-4-7-10-13-16-19-22-25-27-29-31-32-35-38-41-44-47-50-53-59(62)65-56-57(55-64-58(61)52-49-46-43-40-37-34-24-21-18-15-12-9-6-3)66-60(63)54-51-48-45-42-39-36-33-30-28-26-23-20-17-14-11-8-5-2/h9,12,15-22,24-29,31-34,36-37,40,42-43,45,57H,4-8,10-11,13-14,23,30,35,38-39,41,44,46-56H2,1-3H3/b12-9-,18-15-,19-16-,20-17-,24-21-,25-22-,28-26-,29-27-,32-31-,36-33-,37-34-,43-40-,45-42-. The molecule has 0 aromatic carbocycles. The molecule has 0 saturated carbocycles. The van der Waals surface area contributed by atoms with Crippen LogP contribution in [0.15, 0.2) is 158 Å². The summed E-state index contributed by atoms with van der Waals surface area (Å²) in [5, 5.41) is 0. The zero-order chi connectivity index (χ0) is 47.9. The molecule has 0 heterocycles. The molecule has 0 spiro atoms. The minimum Gasteiger partial charge on any atom is -0.462 e. The first-order valence-corrected chi connectivity index (χ1v) is 25.6. The normalized spacial score (nSPS) is 13.4. The quantitative estimate of drug-likeness (QED) is 0.0199. The highest BCUT2D eigenvalue weighted by Gasteiger charge is 2.19. The number of hydrogen-bond acceptors (Lipinski definition) is 6. The summed E-state index contributed by atoms with van der Waals surface area (Å²) in [5.41, 5.74) is 0. The van der Waals surface area contributed by atoms with E-state index >= 15 is 0 Å². The molecule has 6 nitrogen and oxygen atoms in total. The van der Waals surface area contributed by atoms with E-state index in [0.717, 1.165) is 83.5 Å². The van der Waals surface area contributed by atoms with Gasteiger partial charge in [0.15, 0.2) is 6.10 Å². The van der Waals surface area contributed by atoms with Gasteiger partial charge in [-0.25, -0.2) is 0 Å². The van der Waals surface area contributed by atoms with Gasteiger partial charge in [-0.1, -0.05) is 224 Å². The van der Waals surface area contributed by atoms with E-state index in [1.165, 1.54) is 44.9 Å². The highest BCUT2D eigenvalue weighted by Crippen LogP contribution is 2.11. The number of esters is 3. The highest BCUT2D eigenvalue weighted by molar-refractivity contribution is 5.71. The summed E-state index contributed by atoms with van der Waals surface area (Å²) in [6.07, 6.45) is 76.6. The van der Waals surface area contributed by atoms with Gasteiger partial charge >= 0.3 is 17.9 Å². The molecular weight excluding hydrogens is 817 g/mol. The van der Waals surface area contributed by atoms with E-state index < -0.39 is 12.1 Å². The van der Waals surface area contributed by atoms with Crippen LogP contribution >= 0.6 is 0 Å². The first kappa shape index (κ1) is 61.0. The van der Waals surface area contributed by atoms with Gasteiger partial charge in [-0.3, -0.25) is 14.4 Å². The van der Waals surface area contributed by atoms with E-state index in [-0.39, 0.29) is 38.0 Å². The number of carbonyl (C=O) groups excluding carboxylic acids is 3. The van der Waals surface area contributed by atoms with Gasteiger partial charge in [-0.05, 0) is 96.3 Å². The molecule has 0 radical (unpaired) electrons. The number of allylic oxidation sites excluding steroid dienone is 26. The average Bonchev–Trinajstić information content (AvgIpc) is 3.31. The van der Waals surface area contributed by atoms with Gasteiger partial charge in [-0.15, -0.1) is 0 Å². The summed E-state index contributed by atoms with van der Waals surface area (Å²) in [6.45, 7) is 6.26. The lowest BCUT2D eigenvalue weighted by Gasteiger charge is -2.18. The largest absolute Gasteiger partial charge is 0.462 e. The molecule has 6 heteroatoms. The summed E-state index contributed by atoms with van der Waals surface area (Å²) in [4.78, 5) is 37.9. The third kappa shape index (κ3) is 50.0. The van der Waals surface area contributed by atoms with Crippen LogP contribution in [0.25, 0.3) is 0 Å². The van der Waals surface area contributed by atoms with Gasteiger partial charge < -0.3 is 14.2 Å². The topological polar surface area (TPSA) is 78.9 Å². The second-order valence-corrected chi connectivity index (χ2v) is 16.2. The Morgan fingerprint density at radius 1 is 0.333 bits per heavy atom. The number of ether oxygens (including phenoxy) is 3. The van der Waals surface area contributed by atoms with Crippen molar-refractivity contribution in [3.05, 3.63) is 158 Å². The molecule has 366 valence electrons. The van der Waals surface area contributed by atoms with Crippen molar-refractivity contribution in [2.75, 3.05) is 13.2 Å². The Labute approximate surface area is 403 Å².